The van der Waals surface area contributed by atoms with Crippen LogP contribution in [0.4, 0.5) is 0 Å². The first-order valence-corrected chi connectivity index (χ1v) is 9.42. The Bertz CT molecular complexity index is 941. The van der Waals surface area contributed by atoms with Gasteiger partial charge in [0.1, 0.15) is 0 Å². The van der Waals surface area contributed by atoms with Crippen molar-refractivity contribution in [1.29, 1.82) is 0 Å². The number of hydrogen-bond acceptors (Lipinski definition) is 4. The Labute approximate surface area is 163 Å². The number of imide groups is 1. The molecule has 0 N–H and O–H groups in total. The van der Waals surface area contributed by atoms with Crippen molar-refractivity contribution in [2.75, 3.05) is 13.2 Å². The molecule has 2 aromatic carbocycles. The maximum Gasteiger partial charge on any atom is 0.261 e. The molecule has 2 aromatic rings. The van der Waals surface area contributed by atoms with Gasteiger partial charge in [-0.2, -0.15) is 0 Å². The number of hydrogen-bond donors (Lipinski definition) is 0. The van der Waals surface area contributed by atoms with Crippen LogP contribution >= 0.6 is 0 Å². The topological polar surface area (TPSA) is 66.9 Å². The van der Waals surface area contributed by atoms with Crippen molar-refractivity contribution in [3.8, 4) is 0 Å². The van der Waals surface area contributed by atoms with Gasteiger partial charge in [-0.1, -0.05) is 30.3 Å². The minimum absolute atomic E-state index is 0.0286. The van der Waals surface area contributed by atoms with Crippen LogP contribution in [0.3, 0.4) is 0 Å². The third kappa shape index (κ3) is 3.20. The fourth-order valence-electron chi connectivity index (χ4n) is 3.69. The molecule has 28 heavy (non-hydrogen) atoms. The molecule has 2 heterocycles. The summed E-state index contributed by atoms with van der Waals surface area (Å²) < 4.78 is 5.58. The Kier molecular flexibility index (Phi) is 4.73. The molecule has 0 spiro atoms. The molecule has 0 radical (unpaired) electrons. The van der Waals surface area contributed by atoms with E-state index in [2.05, 4.69) is 0 Å². The van der Waals surface area contributed by atoms with E-state index in [4.69, 9.17) is 4.74 Å². The molecular weight excluding hydrogens is 356 g/mol. The maximum atomic E-state index is 13.0. The van der Waals surface area contributed by atoms with E-state index >= 15 is 0 Å². The molecule has 2 unspecified atom stereocenters. The average Bonchev–Trinajstić information content (AvgIpc) is 2.94. The second-order valence-corrected chi connectivity index (χ2v) is 7.39. The first-order valence-electron chi connectivity index (χ1n) is 9.42. The number of benzene rings is 2. The summed E-state index contributed by atoms with van der Waals surface area (Å²) in [4.78, 5) is 41.5. The fourth-order valence-corrected chi connectivity index (χ4v) is 3.69. The SMILES string of the molecule is CC1CN(C(=O)c2ccc3c(c2)C(=O)N(Cc2ccccc2)C3=O)C(C)CO1. The number of morpholine rings is 1. The van der Waals surface area contributed by atoms with Gasteiger partial charge in [-0.05, 0) is 37.6 Å². The summed E-state index contributed by atoms with van der Waals surface area (Å²) in [6.07, 6.45) is -0.0286. The molecular formula is C22H22N2O4. The standard InChI is InChI=1S/C22H22N2O4/c1-14-13-28-15(2)11-23(14)20(25)17-8-9-18-19(10-17)22(27)24(21(18)26)12-16-6-4-3-5-7-16/h3-10,14-15H,11-13H2,1-2H3. The van der Waals surface area contributed by atoms with E-state index in [0.29, 0.717) is 29.8 Å². The van der Waals surface area contributed by atoms with Gasteiger partial charge in [0.25, 0.3) is 17.7 Å². The summed E-state index contributed by atoms with van der Waals surface area (Å²) in [5, 5.41) is 0. The third-order valence-electron chi connectivity index (χ3n) is 5.27. The molecule has 2 aliphatic heterocycles. The van der Waals surface area contributed by atoms with E-state index in [-0.39, 0.29) is 36.4 Å². The van der Waals surface area contributed by atoms with Gasteiger partial charge in [0.05, 0.1) is 36.4 Å². The predicted octanol–water partition coefficient (Wildman–Crippen LogP) is 2.73. The molecule has 1 fully saturated rings. The van der Waals surface area contributed by atoms with Gasteiger partial charge >= 0.3 is 0 Å². The minimum Gasteiger partial charge on any atom is -0.375 e. The quantitative estimate of drug-likeness (QED) is 0.771. The van der Waals surface area contributed by atoms with Crippen LogP contribution in [0.5, 0.6) is 0 Å². The number of carbonyl (C=O) groups is 3. The lowest BCUT2D eigenvalue weighted by atomic mass is 10.0. The van der Waals surface area contributed by atoms with E-state index in [9.17, 15) is 14.4 Å². The Hall–Kier alpha value is -2.99. The summed E-state index contributed by atoms with van der Waals surface area (Å²) in [5.74, 6) is -0.828. The molecule has 144 valence electrons. The fraction of sp³-hybridized carbons (Fsp3) is 0.318. The van der Waals surface area contributed by atoms with Crippen molar-refractivity contribution in [3.63, 3.8) is 0 Å². The molecule has 2 atom stereocenters. The molecule has 0 saturated carbocycles. The number of ether oxygens (including phenoxy) is 1. The smallest absolute Gasteiger partial charge is 0.261 e. The molecule has 4 rings (SSSR count). The maximum absolute atomic E-state index is 13.0. The summed E-state index contributed by atoms with van der Waals surface area (Å²) in [6, 6.07) is 14.1. The Morgan fingerprint density at radius 3 is 2.50 bits per heavy atom. The van der Waals surface area contributed by atoms with Gasteiger partial charge in [0, 0.05) is 12.1 Å². The van der Waals surface area contributed by atoms with Crippen LogP contribution < -0.4 is 0 Å². The zero-order valence-electron chi connectivity index (χ0n) is 15.9. The Morgan fingerprint density at radius 2 is 1.75 bits per heavy atom. The average molecular weight is 378 g/mol. The Morgan fingerprint density at radius 1 is 1.04 bits per heavy atom. The molecule has 1 saturated heterocycles. The zero-order chi connectivity index (χ0) is 19.8. The van der Waals surface area contributed by atoms with Gasteiger partial charge in [-0.15, -0.1) is 0 Å². The normalized spacial score (nSPS) is 21.8. The lowest BCUT2D eigenvalue weighted by Crippen LogP contribution is -2.50. The van der Waals surface area contributed by atoms with Crippen molar-refractivity contribution in [3.05, 3.63) is 70.8 Å². The number of rotatable bonds is 3. The van der Waals surface area contributed by atoms with Crippen molar-refractivity contribution in [1.82, 2.24) is 9.80 Å². The Balaban J connectivity index is 1.59. The van der Waals surface area contributed by atoms with Crippen molar-refractivity contribution >= 4 is 17.7 Å². The number of amides is 3. The van der Waals surface area contributed by atoms with E-state index in [1.165, 1.54) is 4.90 Å². The van der Waals surface area contributed by atoms with Crippen LogP contribution in [-0.4, -0.2) is 52.8 Å². The lowest BCUT2D eigenvalue weighted by Gasteiger charge is -2.36. The zero-order valence-corrected chi connectivity index (χ0v) is 15.9. The monoisotopic (exact) mass is 378 g/mol. The van der Waals surface area contributed by atoms with E-state index in [1.54, 1.807) is 23.1 Å². The summed E-state index contributed by atoms with van der Waals surface area (Å²) in [6.45, 7) is 5.07. The number of carbonyl (C=O) groups excluding carboxylic acids is 3. The van der Waals surface area contributed by atoms with Crippen molar-refractivity contribution in [2.24, 2.45) is 0 Å². The van der Waals surface area contributed by atoms with E-state index < -0.39 is 0 Å². The molecule has 3 amide bonds. The summed E-state index contributed by atoms with van der Waals surface area (Å²) in [7, 11) is 0. The molecule has 0 aromatic heterocycles. The van der Waals surface area contributed by atoms with Gasteiger partial charge < -0.3 is 9.64 Å². The van der Waals surface area contributed by atoms with Crippen molar-refractivity contribution in [2.45, 2.75) is 32.5 Å². The number of nitrogens with zero attached hydrogens (tertiary/aromatic N) is 2. The second-order valence-electron chi connectivity index (χ2n) is 7.39. The molecule has 0 aliphatic carbocycles. The molecule has 6 nitrogen and oxygen atoms in total. The van der Waals surface area contributed by atoms with Gasteiger partial charge in [-0.25, -0.2) is 0 Å². The third-order valence-corrected chi connectivity index (χ3v) is 5.27. The lowest BCUT2D eigenvalue weighted by molar-refractivity contribution is -0.0387. The highest BCUT2D eigenvalue weighted by Crippen LogP contribution is 2.27. The highest BCUT2D eigenvalue weighted by Gasteiger charge is 2.37. The van der Waals surface area contributed by atoms with Crippen LogP contribution in [-0.2, 0) is 11.3 Å². The first kappa shape index (κ1) is 18.4. The van der Waals surface area contributed by atoms with Crippen LogP contribution in [0.1, 0.15) is 50.5 Å². The highest BCUT2D eigenvalue weighted by molar-refractivity contribution is 6.22. The van der Waals surface area contributed by atoms with E-state index in [0.717, 1.165) is 5.56 Å². The number of fused-ring (bicyclic) bond motifs is 1. The van der Waals surface area contributed by atoms with Crippen LogP contribution in [0.25, 0.3) is 0 Å². The largest absolute Gasteiger partial charge is 0.375 e. The van der Waals surface area contributed by atoms with Gasteiger partial charge in [0.2, 0.25) is 0 Å². The van der Waals surface area contributed by atoms with Gasteiger partial charge in [-0.3, -0.25) is 19.3 Å². The van der Waals surface area contributed by atoms with E-state index in [1.807, 2.05) is 44.2 Å². The molecule has 2 aliphatic rings. The predicted molar refractivity (Wildman–Crippen MR) is 103 cm³/mol. The van der Waals surface area contributed by atoms with Crippen LogP contribution in [0.15, 0.2) is 48.5 Å². The van der Waals surface area contributed by atoms with Crippen LogP contribution in [0.2, 0.25) is 0 Å². The second kappa shape index (κ2) is 7.20. The van der Waals surface area contributed by atoms with Crippen molar-refractivity contribution < 1.29 is 19.1 Å². The highest BCUT2D eigenvalue weighted by atomic mass is 16.5. The summed E-state index contributed by atoms with van der Waals surface area (Å²) >= 11 is 0. The van der Waals surface area contributed by atoms with Gasteiger partial charge in [0.15, 0.2) is 0 Å². The first-order chi connectivity index (χ1) is 13.5. The minimum atomic E-state index is -0.359. The summed E-state index contributed by atoms with van der Waals surface area (Å²) in [5.41, 5.74) is 1.94. The molecule has 6 heteroatoms. The van der Waals surface area contributed by atoms with Crippen LogP contribution in [0, 0.1) is 0 Å². The molecule has 0 bridgehead atoms.